The molecular weight excluding hydrogens is 899 g/mol. The van der Waals surface area contributed by atoms with Crippen LogP contribution in [0.5, 0.6) is 0 Å². The Labute approximate surface area is 428 Å². The molecule has 1 aromatic heterocycles. The van der Waals surface area contributed by atoms with Crippen molar-refractivity contribution in [3.63, 3.8) is 0 Å². The average Bonchev–Trinajstić information content (AvgIpc) is 3.87. The molecule has 2 nitrogen and oxygen atoms in total. The van der Waals surface area contributed by atoms with Gasteiger partial charge < -0.3 is 9.32 Å². The number of allylic oxidation sites excluding steroid dienone is 4. The van der Waals surface area contributed by atoms with Crippen LogP contribution in [0.15, 0.2) is 295 Å². The summed E-state index contributed by atoms with van der Waals surface area (Å²) in [5, 5.41) is 10.4. The van der Waals surface area contributed by atoms with Crippen LogP contribution in [0, 0.1) is 0 Å². The van der Waals surface area contributed by atoms with Crippen molar-refractivity contribution in [1.29, 1.82) is 0 Å². The topological polar surface area (TPSA) is 16.4 Å². The van der Waals surface area contributed by atoms with Gasteiger partial charge in [0.1, 0.15) is 11.2 Å². The molecule has 0 amide bonds. The van der Waals surface area contributed by atoms with Crippen LogP contribution < -0.4 is 20.5 Å². The first-order chi connectivity index (χ1) is 36.2. The summed E-state index contributed by atoms with van der Waals surface area (Å²) in [5.74, 6) is 0. The number of anilines is 3. The molecule has 1 heterocycles. The predicted octanol–water partition coefficient (Wildman–Crippen LogP) is 17.0. The summed E-state index contributed by atoms with van der Waals surface area (Å²) in [4.78, 5) is 2.37. The smallest absolute Gasteiger partial charge is 0.175 e. The fraction of sp³-hybridized carbons (Fsp3) is 0.0286. The molecule has 13 rings (SSSR count). The third kappa shape index (κ3) is 7.83. The molecule has 11 aromatic carbocycles. The van der Waals surface area contributed by atoms with Crippen molar-refractivity contribution in [3.8, 4) is 33.4 Å². The van der Waals surface area contributed by atoms with Crippen LogP contribution in [-0.2, 0) is 0 Å². The van der Waals surface area contributed by atoms with Gasteiger partial charge in [-0.05, 0) is 97.5 Å². The molecule has 1 aliphatic rings. The number of benzene rings is 11. The van der Waals surface area contributed by atoms with Crippen molar-refractivity contribution >= 4 is 79.0 Å². The lowest BCUT2D eigenvalue weighted by atomic mass is 9.94. The highest BCUT2D eigenvalue weighted by Crippen LogP contribution is 2.44. The van der Waals surface area contributed by atoms with Crippen LogP contribution in [-0.4, -0.2) is 8.07 Å². The van der Waals surface area contributed by atoms with E-state index < -0.39 is 8.07 Å². The first-order valence-electron chi connectivity index (χ1n) is 25.4. The van der Waals surface area contributed by atoms with E-state index in [4.69, 9.17) is 4.42 Å². The first kappa shape index (κ1) is 44.0. The van der Waals surface area contributed by atoms with Gasteiger partial charge in [-0.3, -0.25) is 0 Å². The van der Waals surface area contributed by atoms with Crippen LogP contribution >= 0.6 is 0 Å². The zero-order chi connectivity index (χ0) is 48.6. The minimum atomic E-state index is -2.66. The lowest BCUT2D eigenvalue weighted by Crippen LogP contribution is -2.68. The number of nitrogens with zero attached hydrogens (tertiary/aromatic N) is 1. The SMILES string of the molecule is C1=C(c2cccc3c2oc2c(-c4ccc(-c5ccc(N(c6ccccc6)c6ccc(-c7ccccc7)cc6)c6ccccc56)cc4)cccc23)C=C([Si](c2ccccc2)(c2ccccc2)c2ccccc2)CC1. The zero-order valence-electron chi connectivity index (χ0n) is 40.4. The molecule has 0 fully saturated rings. The van der Waals surface area contributed by atoms with Gasteiger partial charge in [-0.2, -0.15) is 0 Å². The summed E-state index contributed by atoms with van der Waals surface area (Å²) in [6, 6.07) is 99.6. The van der Waals surface area contributed by atoms with Gasteiger partial charge >= 0.3 is 0 Å². The van der Waals surface area contributed by atoms with Gasteiger partial charge in [0.2, 0.25) is 0 Å². The van der Waals surface area contributed by atoms with E-state index in [0.717, 1.165) is 74.1 Å². The first-order valence-corrected chi connectivity index (χ1v) is 27.4. The molecule has 0 bridgehead atoms. The quantitative estimate of drug-likeness (QED) is 0.0949. The molecule has 0 saturated heterocycles. The lowest BCUT2D eigenvalue weighted by molar-refractivity contribution is 0.669. The third-order valence-electron chi connectivity index (χ3n) is 14.9. The van der Waals surface area contributed by atoms with Gasteiger partial charge in [-0.25, -0.2) is 0 Å². The van der Waals surface area contributed by atoms with Gasteiger partial charge in [0.05, 0.1) is 5.69 Å². The Bertz CT molecular complexity index is 3880. The number of hydrogen-bond donors (Lipinski definition) is 0. The monoisotopic (exact) mass is 949 g/mol. The van der Waals surface area contributed by atoms with Crippen molar-refractivity contribution in [2.75, 3.05) is 4.90 Å². The van der Waals surface area contributed by atoms with Crippen LogP contribution in [0.4, 0.5) is 17.1 Å². The average molecular weight is 950 g/mol. The molecule has 1 aliphatic carbocycles. The summed E-state index contributed by atoms with van der Waals surface area (Å²) >= 11 is 0. The van der Waals surface area contributed by atoms with E-state index in [0.29, 0.717) is 0 Å². The number of furan rings is 1. The van der Waals surface area contributed by atoms with Crippen molar-refractivity contribution in [1.82, 2.24) is 0 Å². The standard InChI is InChI=1S/C70H51NOSi/c1-6-21-50(22-7-1)51-43-45-56(46-44-51)71(55-24-8-2-9-25-55)68-48-47-61(64-33-16-17-34-65(64)68)52-39-41-53(42-40-52)62-35-19-37-66-67-38-20-36-63(70(67)72-69(62)66)54-23-18-32-60(49-54)73(57-26-10-3-11-27-57,58-28-12-4-13-29-58)59-30-14-5-15-31-59/h1-17,19-31,33-49H,18,32H2. The molecule has 0 N–H and O–H groups in total. The van der Waals surface area contributed by atoms with Crippen molar-refractivity contribution in [3.05, 3.63) is 296 Å². The molecule has 0 radical (unpaired) electrons. The summed E-state index contributed by atoms with van der Waals surface area (Å²) in [7, 11) is -2.66. The molecular formula is C70H51NOSi. The largest absolute Gasteiger partial charge is 0.455 e. The predicted molar refractivity (Wildman–Crippen MR) is 311 cm³/mol. The maximum atomic E-state index is 7.14. The highest BCUT2D eigenvalue weighted by Gasteiger charge is 2.43. The van der Waals surface area contributed by atoms with E-state index in [9.17, 15) is 0 Å². The highest BCUT2D eigenvalue weighted by atomic mass is 28.3. The molecule has 0 unspecified atom stereocenters. The van der Waals surface area contributed by atoms with Crippen molar-refractivity contribution < 1.29 is 4.42 Å². The van der Waals surface area contributed by atoms with E-state index in [1.54, 1.807) is 0 Å². The van der Waals surface area contributed by atoms with E-state index in [2.05, 4.69) is 290 Å². The van der Waals surface area contributed by atoms with Crippen molar-refractivity contribution in [2.45, 2.75) is 12.8 Å². The molecule has 346 valence electrons. The summed E-state index contributed by atoms with van der Waals surface area (Å²) < 4.78 is 7.14. The summed E-state index contributed by atoms with van der Waals surface area (Å²) in [5.41, 5.74) is 14.5. The van der Waals surface area contributed by atoms with Gasteiger partial charge in [0, 0.05) is 38.7 Å². The summed E-state index contributed by atoms with van der Waals surface area (Å²) in [6.45, 7) is 0. The fourth-order valence-corrected chi connectivity index (χ4v) is 16.7. The normalized spacial score (nSPS) is 12.7. The Kier molecular flexibility index (Phi) is 11.4. The minimum Gasteiger partial charge on any atom is -0.455 e. The molecule has 0 atom stereocenters. The fourth-order valence-electron chi connectivity index (χ4n) is 11.6. The Balaban J connectivity index is 0.868. The number of hydrogen-bond acceptors (Lipinski definition) is 2. The second-order valence-electron chi connectivity index (χ2n) is 19.0. The lowest BCUT2D eigenvalue weighted by Gasteiger charge is -2.37. The van der Waals surface area contributed by atoms with E-state index >= 15 is 0 Å². The maximum Gasteiger partial charge on any atom is 0.175 e. The van der Waals surface area contributed by atoms with Gasteiger partial charge in [-0.1, -0.05) is 260 Å². The second-order valence-corrected chi connectivity index (χ2v) is 22.9. The molecule has 0 saturated carbocycles. The van der Waals surface area contributed by atoms with E-state index in [1.165, 1.54) is 53.8 Å². The van der Waals surface area contributed by atoms with Crippen LogP contribution in [0.25, 0.3) is 71.7 Å². The zero-order valence-corrected chi connectivity index (χ0v) is 41.4. The van der Waals surface area contributed by atoms with Crippen LogP contribution in [0.2, 0.25) is 0 Å². The van der Waals surface area contributed by atoms with E-state index in [1.807, 2.05) is 0 Å². The number of fused-ring (bicyclic) bond motifs is 4. The third-order valence-corrected chi connectivity index (χ3v) is 19.9. The summed E-state index contributed by atoms with van der Waals surface area (Å²) in [6.07, 6.45) is 6.90. The molecule has 12 aromatic rings. The second kappa shape index (κ2) is 19.0. The highest BCUT2D eigenvalue weighted by molar-refractivity contribution is 7.16. The molecule has 73 heavy (non-hydrogen) atoms. The van der Waals surface area contributed by atoms with Crippen LogP contribution in [0.3, 0.4) is 0 Å². The van der Waals surface area contributed by atoms with E-state index in [-0.39, 0.29) is 0 Å². The van der Waals surface area contributed by atoms with Crippen molar-refractivity contribution in [2.24, 2.45) is 0 Å². The Morgan fingerprint density at radius 1 is 0.329 bits per heavy atom. The molecule has 0 spiro atoms. The van der Waals surface area contributed by atoms with Gasteiger partial charge in [0.15, 0.2) is 8.07 Å². The molecule has 0 aliphatic heterocycles. The van der Waals surface area contributed by atoms with Gasteiger partial charge in [0.25, 0.3) is 0 Å². The Morgan fingerprint density at radius 3 is 1.38 bits per heavy atom. The maximum absolute atomic E-state index is 7.14. The number of para-hydroxylation sites is 3. The number of rotatable bonds is 11. The Hall–Kier alpha value is -9.02. The van der Waals surface area contributed by atoms with Crippen LogP contribution in [0.1, 0.15) is 18.4 Å². The molecule has 3 heteroatoms. The Morgan fingerprint density at radius 2 is 0.781 bits per heavy atom. The van der Waals surface area contributed by atoms with Gasteiger partial charge in [-0.15, -0.1) is 0 Å². The minimum absolute atomic E-state index is 0.910.